The Balaban J connectivity index is 1.37. The molecule has 0 N–H and O–H groups in total. The highest BCUT2D eigenvalue weighted by Crippen LogP contribution is 2.39. The smallest absolute Gasteiger partial charge is 0.164 e. The van der Waals surface area contributed by atoms with Crippen molar-refractivity contribution in [2.24, 2.45) is 0 Å². The summed E-state index contributed by atoms with van der Waals surface area (Å²) in [6.45, 7) is 0. The molecule has 49 heavy (non-hydrogen) atoms. The van der Waals surface area contributed by atoms with E-state index in [1.54, 1.807) is 0 Å². The maximum absolute atomic E-state index is 9.74. The molecule has 2 heterocycles. The molecule has 8 aromatic carbocycles. The number of hydrogen-bond donors (Lipinski definition) is 0. The number of thiophene rings is 1. The first-order chi connectivity index (χ1) is 35.5. The maximum atomic E-state index is 9.74. The van der Waals surface area contributed by atoms with E-state index in [2.05, 4.69) is 15.0 Å². The third-order valence-electron chi connectivity index (χ3n) is 7.50. The zero-order valence-corrected chi connectivity index (χ0v) is 25.1. The second kappa shape index (κ2) is 11.2. The standard InChI is InChI=1S/C45H27N3S/c1-2-11-28(12-3-1)43-46-44(48-45(47-43)32-22-24-39-38-19-8-9-20-41(38)49-42(39)27-32)31-14-10-13-29(25-31)30-21-23-37-35-17-5-4-15-33(35)34-16-6-7-18-36(34)40(37)26-30/h1-27H/i1D,2D,3D,4D,5D,6D,7D,8D,9D,10D,11D,12D,13D,14D,15D,16D,17D,18D,19D,20D,21D,22D,23D,24D,25D,26D,27D. The molecule has 0 saturated carbocycles. The Bertz CT molecular complexity index is 4370. The molecule has 10 aromatic rings. The van der Waals surface area contributed by atoms with Gasteiger partial charge in [0.1, 0.15) is 0 Å². The Morgan fingerprint density at radius 2 is 0.755 bits per heavy atom. The number of hydrogen-bond acceptors (Lipinski definition) is 4. The minimum absolute atomic E-state index is 0.0719. The lowest BCUT2D eigenvalue weighted by Gasteiger charge is -2.13. The third kappa shape index (κ3) is 4.68. The van der Waals surface area contributed by atoms with Crippen molar-refractivity contribution in [3.63, 3.8) is 0 Å². The van der Waals surface area contributed by atoms with Crippen molar-refractivity contribution in [1.29, 1.82) is 0 Å². The van der Waals surface area contributed by atoms with E-state index in [1.807, 2.05) is 0 Å². The average Bonchev–Trinajstić information content (AvgIpc) is 3.93. The molecule has 0 radical (unpaired) electrons. The van der Waals surface area contributed by atoms with Gasteiger partial charge in [-0.1, -0.05) is 139 Å². The van der Waals surface area contributed by atoms with Crippen LogP contribution < -0.4 is 0 Å². The van der Waals surface area contributed by atoms with E-state index >= 15 is 0 Å². The zero-order chi connectivity index (χ0) is 55.8. The highest BCUT2D eigenvalue weighted by atomic mass is 32.1. The molecule has 0 atom stereocenters. The number of benzene rings is 8. The van der Waals surface area contributed by atoms with E-state index in [1.165, 1.54) is 0 Å². The summed E-state index contributed by atoms with van der Waals surface area (Å²) in [4.78, 5) is 13.0. The molecular weight excluding hydrogens is 615 g/mol. The number of aromatic nitrogens is 3. The molecule has 3 nitrogen and oxygen atoms in total. The molecular formula is C45H27N3S. The Morgan fingerprint density at radius 3 is 1.47 bits per heavy atom. The normalized spacial score (nSPS) is 19.4. The summed E-state index contributed by atoms with van der Waals surface area (Å²) < 4.78 is 239. The topological polar surface area (TPSA) is 38.7 Å². The highest BCUT2D eigenvalue weighted by Gasteiger charge is 2.15. The highest BCUT2D eigenvalue weighted by molar-refractivity contribution is 7.25. The van der Waals surface area contributed by atoms with Gasteiger partial charge in [-0.3, -0.25) is 0 Å². The Labute approximate surface area is 324 Å². The first-order valence-corrected chi connectivity index (χ1v) is 15.1. The van der Waals surface area contributed by atoms with Crippen molar-refractivity contribution in [3.05, 3.63) is 163 Å². The van der Waals surface area contributed by atoms with Gasteiger partial charge in [-0.05, 0) is 67.6 Å². The number of rotatable bonds is 4. The molecule has 228 valence electrons. The lowest BCUT2D eigenvalue weighted by Crippen LogP contribution is -2.00. The van der Waals surface area contributed by atoms with Gasteiger partial charge >= 0.3 is 0 Å². The van der Waals surface area contributed by atoms with Gasteiger partial charge in [-0.2, -0.15) is 0 Å². The molecule has 2 aromatic heterocycles. The average molecular weight is 669 g/mol. The lowest BCUT2D eigenvalue weighted by atomic mass is 9.92. The first-order valence-electron chi connectivity index (χ1n) is 27.7. The molecule has 0 bridgehead atoms. The molecule has 10 rings (SSSR count). The Kier molecular flexibility index (Phi) is 2.75. The molecule has 4 heteroatoms. The number of nitrogens with zero attached hydrogens (tertiary/aromatic N) is 3. The first kappa shape index (κ1) is 12.0. The Morgan fingerprint density at radius 1 is 0.306 bits per heavy atom. The van der Waals surface area contributed by atoms with Crippen LogP contribution >= 0.6 is 11.3 Å². The second-order valence-corrected chi connectivity index (χ2v) is 11.3. The zero-order valence-electron chi connectivity index (χ0n) is 51.2. The van der Waals surface area contributed by atoms with Crippen LogP contribution in [0.5, 0.6) is 0 Å². The predicted octanol–water partition coefficient (Wildman–Crippen LogP) is 12.4. The minimum Gasteiger partial charge on any atom is -0.208 e. The summed E-state index contributed by atoms with van der Waals surface area (Å²) in [5.41, 5.74) is -3.84. The fourth-order valence-electron chi connectivity index (χ4n) is 5.34. The monoisotopic (exact) mass is 668 g/mol. The van der Waals surface area contributed by atoms with Crippen molar-refractivity contribution in [1.82, 2.24) is 15.0 Å². The van der Waals surface area contributed by atoms with Crippen LogP contribution in [0.3, 0.4) is 0 Å². The summed E-state index contributed by atoms with van der Waals surface area (Å²) in [6, 6.07) is -22.3. The predicted molar refractivity (Wildman–Crippen MR) is 207 cm³/mol. The molecule has 0 spiro atoms. The van der Waals surface area contributed by atoms with Crippen LogP contribution in [0.1, 0.15) is 37.0 Å². The van der Waals surface area contributed by atoms with Gasteiger partial charge in [-0.25, -0.2) is 15.0 Å². The summed E-state index contributed by atoms with van der Waals surface area (Å²) in [6.07, 6.45) is 0. The summed E-state index contributed by atoms with van der Waals surface area (Å²) in [7, 11) is 0. The van der Waals surface area contributed by atoms with Crippen molar-refractivity contribution in [2.45, 2.75) is 0 Å². The van der Waals surface area contributed by atoms with Gasteiger partial charge in [0.15, 0.2) is 17.5 Å². The van der Waals surface area contributed by atoms with Crippen LogP contribution in [0, 0.1) is 0 Å². The molecule has 0 aliphatic rings. The molecule has 0 aliphatic heterocycles. The van der Waals surface area contributed by atoms with Crippen LogP contribution in [0.25, 0.3) is 97.8 Å². The van der Waals surface area contributed by atoms with Crippen molar-refractivity contribution < 1.29 is 37.0 Å². The fraction of sp³-hybridized carbons (Fsp3) is 0. The summed E-state index contributed by atoms with van der Waals surface area (Å²) in [5.74, 6) is -2.45. The molecule has 0 saturated heterocycles. The van der Waals surface area contributed by atoms with Gasteiger partial charge in [0.05, 0.1) is 37.0 Å². The summed E-state index contributed by atoms with van der Waals surface area (Å²) >= 11 is 0.676. The SMILES string of the molecule is [2H]c1c([2H])c([2H])c(-c2nc(-c3c([2H])c([2H])c([2H])c(-c4c([2H])c([2H])c5c6c([2H])c([2H])c([2H])c([2H])c6c6c([2H])c([2H])c([2H])c([2H])c6c5c4[2H])c3[2H])nc(-c3c([2H])c([2H])c4c(sc5c([2H])c([2H])c([2H])c([2H])c54)c3[2H])n2)c([2H])c1[2H]. The molecule has 0 amide bonds. The Hall–Kier alpha value is -6.23. The molecule has 0 fully saturated rings. The quantitative estimate of drug-likeness (QED) is 0.175. The van der Waals surface area contributed by atoms with Gasteiger partial charge in [0.2, 0.25) is 0 Å². The van der Waals surface area contributed by atoms with Gasteiger partial charge < -0.3 is 0 Å². The second-order valence-electron chi connectivity index (χ2n) is 10.3. The maximum Gasteiger partial charge on any atom is 0.164 e. The number of fused-ring (bicyclic) bond motifs is 9. The summed E-state index contributed by atoms with van der Waals surface area (Å²) in [5, 5.41) is -3.47. The van der Waals surface area contributed by atoms with Crippen molar-refractivity contribution in [3.8, 4) is 45.3 Å². The van der Waals surface area contributed by atoms with E-state index in [-0.39, 0.29) is 20.2 Å². The van der Waals surface area contributed by atoms with Crippen LogP contribution in [0.15, 0.2) is 163 Å². The fourth-order valence-corrected chi connectivity index (χ4v) is 6.31. The van der Waals surface area contributed by atoms with Crippen molar-refractivity contribution in [2.75, 3.05) is 0 Å². The van der Waals surface area contributed by atoms with Gasteiger partial charge in [-0.15, -0.1) is 11.3 Å². The van der Waals surface area contributed by atoms with Gasteiger partial charge in [0, 0.05) is 36.9 Å². The van der Waals surface area contributed by atoms with E-state index in [0.717, 1.165) is 0 Å². The van der Waals surface area contributed by atoms with E-state index < -0.39 is 241 Å². The molecule has 0 unspecified atom stereocenters. The van der Waals surface area contributed by atoms with Crippen LogP contribution in [-0.2, 0) is 0 Å². The van der Waals surface area contributed by atoms with Crippen LogP contribution in [-0.4, -0.2) is 15.0 Å². The van der Waals surface area contributed by atoms with E-state index in [0.29, 0.717) is 11.3 Å². The van der Waals surface area contributed by atoms with Crippen LogP contribution in [0.4, 0.5) is 0 Å². The third-order valence-corrected chi connectivity index (χ3v) is 8.52. The van der Waals surface area contributed by atoms with E-state index in [4.69, 9.17) is 27.4 Å². The van der Waals surface area contributed by atoms with Crippen molar-refractivity contribution >= 4 is 63.8 Å². The minimum atomic E-state index is -1.04. The molecule has 0 aliphatic carbocycles. The largest absolute Gasteiger partial charge is 0.208 e. The van der Waals surface area contributed by atoms with Gasteiger partial charge in [0.25, 0.3) is 0 Å². The lowest BCUT2D eigenvalue weighted by molar-refractivity contribution is 1.07. The van der Waals surface area contributed by atoms with E-state index in [9.17, 15) is 9.60 Å². The van der Waals surface area contributed by atoms with Crippen LogP contribution in [0.2, 0.25) is 0 Å².